The summed E-state index contributed by atoms with van der Waals surface area (Å²) in [5.41, 5.74) is 0.804. The van der Waals surface area contributed by atoms with Crippen molar-refractivity contribution in [3.63, 3.8) is 0 Å². The molecule has 0 aliphatic rings. The number of hydrogen-bond donors (Lipinski definition) is 2. The van der Waals surface area contributed by atoms with Crippen LogP contribution in [0.2, 0.25) is 0 Å². The van der Waals surface area contributed by atoms with Gasteiger partial charge in [0.15, 0.2) is 5.69 Å². The average molecular weight is 314 g/mol. The molecule has 1 aromatic carbocycles. The SMILES string of the molecule is Cc1cc(C(=O)O)nn1-c1nc(-c2ccc(F)cc2)cc(=O)[nH]1. The predicted octanol–water partition coefficient (Wildman–Crippen LogP) is 1.77. The van der Waals surface area contributed by atoms with Crippen molar-refractivity contribution in [3.05, 3.63) is 64.0 Å². The highest BCUT2D eigenvalue weighted by Crippen LogP contribution is 2.17. The lowest BCUT2D eigenvalue weighted by Crippen LogP contribution is -2.15. The maximum atomic E-state index is 13.0. The smallest absolute Gasteiger partial charge is 0.356 e. The zero-order valence-corrected chi connectivity index (χ0v) is 11.9. The number of nitrogens with one attached hydrogen (secondary N) is 1. The van der Waals surface area contributed by atoms with E-state index in [1.807, 2.05) is 0 Å². The lowest BCUT2D eigenvalue weighted by atomic mass is 10.1. The van der Waals surface area contributed by atoms with Crippen LogP contribution >= 0.6 is 0 Å². The second-order valence-corrected chi connectivity index (χ2v) is 4.85. The Morgan fingerprint density at radius 3 is 2.57 bits per heavy atom. The number of aryl methyl sites for hydroxylation is 1. The number of aromatic amines is 1. The van der Waals surface area contributed by atoms with Gasteiger partial charge >= 0.3 is 5.97 Å². The molecule has 23 heavy (non-hydrogen) atoms. The summed E-state index contributed by atoms with van der Waals surface area (Å²) in [6, 6.07) is 8.17. The van der Waals surface area contributed by atoms with Gasteiger partial charge in [-0.1, -0.05) is 0 Å². The molecule has 0 spiro atoms. The summed E-state index contributed by atoms with van der Waals surface area (Å²) in [4.78, 5) is 29.6. The molecule has 0 amide bonds. The van der Waals surface area contributed by atoms with E-state index >= 15 is 0 Å². The van der Waals surface area contributed by atoms with E-state index in [9.17, 15) is 14.0 Å². The Morgan fingerprint density at radius 2 is 1.96 bits per heavy atom. The van der Waals surface area contributed by atoms with Crippen molar-refractivity contribution < 1.29 is 14.3 Å². The summed E-state index contributed by atoms with van der Waals surface area (Å²) in [5, 5.41) is 12.9. The molecule has 8 heteroatoms. The minimum absolute atomic E-state index is 0.0850. The Kier molecular flexibility index (Phi) is 3.49. The Bertz CT molecular complexity index is 944. The third-order valence-electron chi connectivity index (χ3n) is 3.18. The molecule has 0 aliphatic carbocycles. The molecule has 7 nitrogen and oxygen atoms in total. The molecule has 0 bridgehead atoms. The number of aromatic nitrogens is 4. The van der Waals surface area contributed by atoms with Crippen LogP contribution in [-0.4, -0.2) is 30.8 Å². The van der Waals surface area contributed by atoms with Crippen LogP contribution in [0.5, 0.6) is 0 Å². The van der Waals surface area contributed by atoms with Gasteiger partial charge in [0.25, 0.3) is 5.56 Å². The molecule has 0 fully saturated rings. The van der Waals surface area contributed by atoms with Crippen LogP contribution in [0.15, 0.2) is 41.2 Å². The summed E-state index contributed by atoms with van der Waals surface area (Å²) in [7, 11) is 0. The standard InChI is InChI=1S/C15H11FN4O3/c1-8-6-12(14(22)23)19-20(8)15-17-11(7-13(21)18-15)9-2-4-10(16)5-3-9/h2-7H,1H3,(H,22,23)(H,17,18,21). The highest BCUT2D eigenvalue weighted by atomic mass is 19.1. The van der Waals surface area contributed by atoms with Gasteiger partial charge in [0.2, 0.25) is 5.95 Å². The van der Waals surface area contributed by atoms with Gasteiger partial charge in [0.1, 0.15) is 5.82 Å². The van der Waals surface area contributed by atoms with Crippen molar-refractivity contribution in [2.45, 2.75) is 6.92 Å². The molecule has 0 radical (unpaired) electrons. The lowest BCUT2D eigenvalue weighted by molar-refractivity contribution is 0.0690. The molecule has 2 N–H and O–H groups in total. The molecule has 0 unspecified atom stereocenters. The fourth-order valence-corrected chi connectivity index (χ4v) is 2.11. The van der Waals surface area contributed by atoms with Gasteiger partial charge in [-0.3, -0.25) is 9.78 Å². The molecular formula is C15H11FN4O3. The fourth-order valence-electron chi connectivity index (χ4n) is 2.11. The number of rotatable bonds is 3. The summed E-state index contributed by atoms with van der Waals surface area (Å²) in [5.74, 6) is -1.49. The van der Waals surface area contributed by atoms with Gasteiger partial charge in [-0.15, -0.1) is 0 Å². The molecular weight excluding hydrogens is 303 g/mol. The predicted molar refractivity (Wildman–Crippen MR) is 79.1 cm³/mol. The number of nitrogens with zero attached hydrogens (tertiary/aromatic N) is 3. The first-order valence-corrected chi connectivity index (χ1v) is 6.61. The number of carboxylic acid groups (broad SMARTS) is 1. The quantitative estimate of drug-likeness (QED) is 0.767. The number of carboxylic acids is 1. The number of hydrogen-bond acceptors (Lipinski definition) is 4. The summed E-state index contributed by atoms with van der Waals surface area (Å²) in [6.07, 6.45) is 0. The van der Waals surface area contributed by atoms with E-state index in [0.29, 0.717) is 17.0 Å². The second-order valence-electron chi connectivity index (χ2n) is 4.85. The highest BCUT2D eigenvalue weighted by Gasteiger charge is 2.14. The number of aromatic carboxylic acids is 1. The Labute approximate surface area is 129 Å². The van der Waals surface area contributed by atoms with E-state index in [1.54, 1.807) is 6.92 Å². The van der Waals surface area contributed by atoms with Gasteiger partial charge in [0, 0.05) is 17.3 Å². The topological polar surface area (TPSA) is 101 Å². The third kappa shape index (κ3) is 2.86. The second kappa shape index (κ2) is 5.48. The Balaban J connectivity index is 2.13. The van der Waals surface area contributed by atoms with Crippen LogP contribution in [0, 0.1) is 12.7 Å². The third-order valence-corrected chi connectivity index (χ3v) is 3.18. The molecule has 3 rings (SSSR count). The van der Waals surface area contributed by atoms with Crippen LogP contribution in [0.25, 0.3) is 17.2 Å². The van der Waals surface area contributed by atoms with E-state index in [2.05, 4.69) is 15.1 Å². The zero-order valence-electron chi connectivity index (χ0n) is 11.9. The molecule has 0 saturated carbocycles. The fraction of sp³-hybridized carbons (Fsp3) is 0.0667. The molecule has 116 valence electrons. The summed E-state index contributed by atoms with van der Waals surface area (Å²) >= 11 is 0. The van der Waals surface area contributed by atoms with Crippen molar-refractivity contribution in [2.24, 2.45) is 0 Å². The Hall–Kier alpha value is -3.29. The monoisotopic (exact) mass is 314 g/mol. The van der Waals surface area contributed by atoms with Crippen LogP contribution in [0.4, 0.5) is 4.39 Å². The minimum Gasteiger partial charge on any atom is -0.476 e. The number of halogens is 1. The first kappa shape index (κ1) is 14.6. The maximum absolute atomic E-state index is 13.0. The molecule has 0 saturated heterocycles. The van der Waals surface area contributed by atoms with Crippen LogP contribution in [0.1, 0.15) is 16.2 Å². The number of carbonyl (C=O) groups is 1. The van der Waals surface area contributed by atoms with Crippen LogP contribution < -0.4 is 5.56 Å². The van der Waals surface area contributed by atoms with Gasteiger partial charge in [0.05, 0.1) is 5.69 Å². The van der Waals surface area contributed by atoms with Crippen LogP contribution in [0.3, 0.4) is 0 Å². The van der Waals surface area contributed by atoms with Crippen molar-refractivity contribution in [3.8, 4) is 17.2 Å². The first-order chi connectivity index (χ1) is 10.9. The van der Waals surface area contributed by atoms with Gasteiger partial charge < -0.3 is 5.11 Å². The first-order valence-electron chi connectivity index (χ1n) is 6.61. The van der Waals surface area contributed by atoms with Crippen molar-refractivity contribution in [1.82, 2.24) is 19.7 Å². The van der Waals surface area contributed by atoms with Crippen molar-refractivity contribution in [1.29, 1.82) is 0 Å². The van der Waals surface area contributed by atoms with Crippen molar-refractivity contribution in [2.75, 3.05) is 0 Å². The van der Waals surface area contributed by atoms with E-state index < -0.39 is 17.3 Å². The Morgan fingerprint density at radius 1 is 1.26 bits per heavy atom. The normalized spacial score (nSPS) is 10.7. The van der Waals surface area contributed by atoms with E-state index in [1.165, 1.54) is 41.1 Å². The summed E-state index contributed by atoms with van der Waals surface area (Å²) < 4.78 is 14.2. The molecule has 2 aromatic heterocycles. The van der Waals surface area contributed by atoms with Gasteiger partial charge in [-0.05, 0) is 37.3 Å². The van der Waals surface area contributed by atoms with Gasteiger partial charge in [-0.25, -0.2) is 18.9 Å². The minimum atomic E-state index is -1.18. The lowest BCUT2D eigenvalue weighted by Gasteiger charge is -2.06. The highest BCUT2D eigenvalue weighted by molar-refractivity contribution is 5.85. The molecule has 2 heterocycles. The molecule has 3 aromatic rings. The average Bonchev–Trinajstić information content (AvgIpc) is 2.89. The molecule has 0 aliphatic heterocycles. The maximum Gasteiger partial charge on any atom is 0.356 e. The zero-order chi connectivity index (χ0) is 16.6. The van der Waals surface area contributed by atoms with E-state index in [4.69, 9.17) is 5.11 Å². The number of benzene rings is 1. The van der Waals surface area contributed by atoms with Crippen molar-refractivity contribution >= 4 is 5.97 Å². The number of H-pyrrole nitrogens is 1. The van der Waals surface area contributed by atoms with Crippen LogP contribution in [-0.2, 0) is 0 Å². The van der Waals surface area contributed by atoms with Gasteiger partial charge in [-0.2, -0.15) is 5.10 Å². The van der Waals surface area contributed by atoms with E-state index in [0.717, 1.165) is 0 Å². The largest absolute Gasteiger partial charge is 0.476 e. The van der Waals surface area contributed by atoms with E-state index in [-0.39, 0.29) is 11.6 Å². The summed E-state index contributed by atoms with van der Waals surface area (Å²) in [6.45, 7) is 1.64. The molecule has 0 atom stereocenters.